The minimum absolute atomic E-state index is 0.0263. The normalized spacial score (nSPS) is 12.9. The molecule has 1 rings (SSSR count). The summed E-state index contributed by atoms with van der Waals surface area (Å²) in [6.45, 7) is 12.4. The Morgan fingerprint density at radius 2 is 1.82 bits per heavy atom. The van der Waals surface area contributed by atoms with E-state index >= 15 is 0 Å². The molecule has 2 N–H and O–H groups in total. The van der Waals surface area contributed by atoms with Crippen LogP contribution in [0.4, 0.5) is 0 Å². The van der Waals surface area contributed by atoms with E-state index in [0.717, 1.165) is 24.5 Å². The van der Waals surface area contributed by atoms with Gasteiger partial charge >= 0.3 is 5.97 Å². The number of nitrogens with zero attached hydrogens (tertiary/aromatic N) is 2. The summed E-state index contributed by atoms with van der Waals surface area (Å²) in [6, 6.07) is 2.50. The van der Waals surface area contributed by atoms with Crippen LogP contribution in [0.25, 0.3) is 0 Å². The van der Waals surface area contributed by atoms with Gasteiger partial charge in [-0.15, -0.1) is 0 Å². The summed E-state index contributed by atoms with van der Waals surface area (Å²) in [5.41, 5.74) is 1.82. The molecule has 1 aromatic carbocycles. The first-order valence-electron chi connectivity index (χ1n) is 11.6. The zero-order valence-electron chi connectivity index (χ0n) is 20.7. The number of oxime groups is 1. The van der Waals surface area contributed by atoms with Gasteiger partial charge in [0.25, 0.3) is 5.91 Å². The molecule has 0 fully saturated rings. The smallest absolute Gasteiger partial charge is 0.342 e. The molecule has 0 aromatic heterocycles. The van der Waals surface area contributed by atoms with Crippen molar-refractivity contribution < 1.29 is 29.4 Å². The summed E-state index contributed by atoms with van der Waals surface area (Å²) in [4.78, 5) is 31.9. The topological polar surface area (TPSA) is 109 Å². The lowest BCUT2D eigenvalue weighted by molar-refractivity contribution is -0.135. The summed E-state index contributed by atoms with van der Waals surface area (Å²) >= 11 is 0. The van der Waals surface area contributed by atoms with Crippen molar-refractivity contribution in [2.75, 3.05) is 19.7 Å². The van der Waals surface area contributed by atoms with Gasteiger partial charge in [0.1, 0.15) is 17.1 Å². The highest BCUT2D eigenvalue weighted by molar-refractivity contribution is 6.01. The van der Waals surface area contributed by atoms with Crippen molar-refractivity contribution in [2.24, 2.45) is 5.16 Å². The Labute approximate surface area is 196 Å². The van der Waals surface area contributed by atoms with Crippen LogP contribution in [-0.4, -0.2) is 58.5 Å². The summed E-state index contributed by atoms with van der Waals surface area (Å²) in [5, 5.41) is 24.5. The number of rotatable bonds is 13. The Morgan fingerprint density at radius 3 is 2.39 bits per heavy atom. The molecule has 8 heteroatoms. The number of esters is 1. The van der Waals surface area contributed by atoms with Crippen molar-refractivity contribution >= 4 is 17.6 Å². The summed E-state index contributed by atoms with van der Waals surface area (Å²) in [6.07, 6.45) is 4.00. The maximum absolute atomic E-state index is 12.7. The third-order valence-electron chi connectivity index (χ3n) is 5.19. The first kappa shape index (κ1) is 28.0. The molecule has 184 valence electrons. The van der Waals surface area contributed by atoms with Crippen LogP contribution in [0.5, 0.6) is 11.5 Å². The van der Waals surface area contributed by atoms with Crippen LogP contribution in [0.2, 0.25) is 0 Å². The second-order valence-electron chi connectivity index (χ2n) is 7.96. The molecule has 0 saturated heterocycles. The number of benzene rings is 1. The third kappa shape index (κ3) is 9.16. The van der Waals surface area contributed by atoms with E-state index in [1.54, 1.807) is 11.8 Å². The third-order valence-corrected chi connectivity index (χ3v) is 5.19. The van der Waals surface area contributed by atoms with Crippen LogP contribution in [0, 0.1) is 0 Å². The molecule has 0 radical (unpaired) electrons. The Kier molecular flexibility index (Phi) is 12.0. The van der Waals surface area contributed by atoms with Crippen molar-refractivity contribution in [1.82, 2.24) is 4.90 Å². The monoisotopic (exact) mass is 462 g/mol. The molecule has 0 bridgehead atoms. The van der Waals surface area contributed by atoms with E-state index in [1.165, 1.54) is 6.07 Å². The summed E-state index contributed by atoms with van der Waals surface area (Å²) < 4.78 is 5.39. The second-order valence-corrected chi connectivity index (χ2v) is 7.96. The molecule has 0 spiro atoms. The van der Waals surface area contributed by atoms with Crippen LogP contribution in [0.3, 0.4) is 0 Å². The van der Waals surface area contributed by atoms with E-state index in [2.05, 4.69) is 12.1 Å². The number of likely N-dealkylation sites (N-methyl/N-ethyl adjacent to an activating group) is 1. The van der Waals surface area contributed by atoms with E-state index in [9.17, 15) is 19.8 Å². The van der Waals surface area contributed by atoms with Crippen LogP contribution in [-0.2, 0) is 20.8 Å². The van der Waals surface area contributed by atoms with Crippen LogP contribution < -0.4 is 0 Å². The standard InChI is InChI=1S/C25H38N2O6/c1-7-11-17(5)12-20(26-32-16-23(30)27(9-3)10-4)13-19-14-21(28)15-22(29)24(19)25(31)33-18(6)8-2/h12,14-15,18,28-29H,7-11,13,16H2,1-6H3/b17-12+,26-20+/t18-/m1/s1. The fourth-order valence-electron chi connectivity index (χ4n) is 3.26. The SMILES string of the molecule is CCC/C(C)=C/C(Cc1cc(O)cc(O)c1C(=O)O[C@H](C)CC)=N\OCC(=O)N(CC)CC. The number of amides is 1. The Bertz CT molecular complexity index is 859. The van der Waals surface area contributed by atoms with Crippen molar-refractivity contribution in [3.05, 3.63) is 34.9 Å². The highest BCUT2D eigenvalue weighted by atomic mass is 16.6. The van der Waals surface area contributed by atoms with Gasteiger partial charge in [-0.2, -0.15) is 0 Å². The Hall–Kier alpha value is -3.03. The van der Waals surface area contributed by atoms with E-state index < -0.39 is 5.97 Å². The molecule has 1 aromatic rings. The lowest BCUT2D eigenvalue weighted by Crippen LogP contribution is -2.33. The Balaban J connectivity index is 3.27. The predicted molar refractivity (Wildman–Crippen MR) is 129 cm³/mol. The summed E-state index contributed by atoms with van der Waals surface area (Å²) in [5.74, 6) is -1.41. The van der Waals surface area contributed by atoms with Gasteiger partial charge in [0.15, 0.2) is 6.61 Å². The maximum Gasteiger partial charge on any atom is 0.342 e. The molecular weight excluding hydrogens is 424 g/mol. The van der Waals surface area contributed by atoms with Crippen molar-refractivity contribution in [3.63, 3.8) is 0 Å². The fourth-order valence-corrected chi connectivity index (χ4v) is 3.26. The lowest BCUT2D eigenvalue weighted by Gasteiger charge is -2.17. The number of hydrogen-bond donors (Lipinski definition) is 2. The van der Waals surface area contributed by atoms with E-state index in [-0.39, 0.29) is 42.1 Å². The van der Waals surface area contributed by atoms with Gasteiger partial charge in [-0.05, 0) is 58.2 Å². The quantitative estimate of drug-likeness (QED) is 0.252. The van der Waals surface area contributed by atoms with Crippen LogP contribution in [0.1, 0.15) is 76.7 Å². The van der Waals surface area contributed by atoms with Crippen molar-refractivity contribution in [1.29, 1.82) is 0 Å². The minimum Gasteiger partial charge on any atom is -0.508 e. The molecule has 0 aliphatic carbocycles. The number of carbonyl (C=O) groups excluding carboxylic acids is 2. The number of phenols is 2. The van der Waals surface area contributed by atoms with Gasteiger partial charge in [0, 0.05) is 25.6 Å². The first-order chi connectivity index (χ1) is 15.7. The molecule has 33 heavy (non-hydrogen) atoms. The lowest BCUT2D eigenvalue weighted by atomic mass is 9.98. The van der Waals surface area contributed by atoms with E-state index in [4.69, 9.17) is 9.57 Å². The zero-order chi connectivity index (χ0) is 25.0. The Morgan fingerprint density at radius 1 is 1.15 bits per heavy atom. The summed E-state index contributed by atoms with van der Waals surface area (Å²) in [7, 11) is 0. The minimum atomic E-state index is -0.678. The molecule has 1 amide bonds. The van der Waals surface area contributed by atoms with Gasteiger partial charge < -0.3 is 24.7 Å². The average Bonchev–Trinajstić information content (AvgIpc) is 2.74. The predicted octanol–water partition coefficient (Wildman–Crippen LogP) is 4.58. The average molecular weight is 463 g/mol. The highest BCUT2D eigenvalue weighted by Gasteiger charge is 2.22. The fraction of sp³-hybridized carbons (Fsp3) is 0.560. The van der Waals surface area contributed by atoms with Gasteiger partial charge in [-0.3, -0.25) is 4.79 Å². The number of ether oxygens (including phenoxy) is 1. The highest BCUT2D eigenvalue weighted by Crippen LogP contribution is 2.29. The molecular formula is C25H38N2O6. The molecule has 8 nitrogen and oxygen atoms in total. The molecule has 0 saturated carbocycles. The largest absolute Gasteiger partial charge is 0.508 e. The molecule has 1 atom stereocenters. The molecule has 0 heterocycles. The number of allylic oxidation sites excluding steroid dienone is 2. The number of carbonyl (C=O) groups is 2. The van der Waals surface area contributed by atoms with Gasteiger partial charge in [-0.25, -0.2) is 4.79 Å². The van der Waals surface area contributed by atoms with Crippen LogP contribution in [0.15, 0.2) is 28.9 Å². The van der Waals surface area contributed by atoms with Gasteiger partial charge in [0.05, 0.1) is 11.8 Å². The van der Waals surface area contributed by atoms with Gasteiger partial charge in [-0.1, -0.05) is 31.0 Å². The maximum atomic E-state index is 12.7. The second kappa shape index (κ2) is 14.2. The van der Waals surface area contributed by atoms with Crippen LogP contribution >= 0.6 is 0 Å². The molecule has 0 unspecified atom stereocenters. The first-order valence-corrected chi connectivity index (χ1v) is 11.6. The van der Waals surface area contributed by atoms with Crippen molar-refractivity contribution in [2.45, 2.75) is 73.3 Å². The van der Waals surface area contributed by atoms with Gasteiger partial charge in [0.2, 0.25) is 0 Å². The number of hydrogen-bond acceptors (Lipinski definition) is 7. The van der Waals surface area contributed by atoms with E-state index in [1.807, 2.05) is 33.8 Å². The van der Waals surface area contributed by atoms with Crippen molar-refractivity contribution in [3.8, 4) is 11.5 Å². The molecule has 0 aliphatic rings. The zero-order valence-corrected chi connectivity index (χ0v) is 20.7. The number of phenolic OH excluding ortho intramolecular Hbond substituents is 2. The number of aromatic hydroxyl groups is 2. The molecule has 0 aliphatic heterocycles. The van der Waals surface area contributed by atoms with E-state index in [0.29, 0.717) is 30.8 Å².